The Labute approximate surface area is 171 Å². The van der Waals surface area contributed by atoms with Crippen LogP contribution in [0.1, 0.15) is 26.0 Å². The average molecular weight is 426 g/mol. The molecule has 0 radical (unpaired) electrons. The number of nitrogens with zero attached hydrogens (tertiary/aromatic N) is 1. The van der Waals surface area contributed by atoms with Gasteiger partial charge in [-0.1, -0.05) is 13.8 Å². The molecular formula is C17H26N6O7. The van der Waals surface area contributed by atoms with Crippen LogP contribution in [0.15, 0.2) is 12.5 Å². The van der Waals surface area contributed by atoms with E-state index in [-0.39, 0.29) is 6.42 Å². The molecule has 0 bridgehead atoms. The Morgan fingerprint density at radius 2 is 1.80 bits per heavy atom. The van der Waals surface area contributed by atoms with Crippen LogP contribution in [0, 0.1) is 5.92 Å². The molecular weight excluding hydrogens is 400 g/mol. The van der Waals surface area contributed by atoms with Crippen LogP contribution in [-0.4, -0.2) is 74.5 Å². The number of aromatic nitrogens is 2. The number of aromatic amines is 1. The number of H-pyrrole nitrogens is 1. The number of nitrogens with one attached hydrogen (secondary N) is 4. The molecule has 3 amide bonds. The Bertz CT molecular complexity index is 765. The van der Waals surface area contributed by atoms with Crippen molar-refractivity contribution in [3.05, 3.63) is 18.2 Å². The third-order valence-corrected chi connectivity index (χ3v) is 4.02. The number of nitrogens with two attached hydrogens (primary N) is 1. The summed E-state index contributed by atoms with van der Waals surface area (Å²) in [6, 6.07) is -3.74. The molecule has 0 aliphatic heterocycles. The Morgan fingerprint density at radius 3 is 2.30 bits per heavy atom. The van der Waals surface area contributed by atoms with Crippen molar-refractivity contribution in [2.75, 3.05) is 6.54 Å². The van der Waals surface area contributed by atoms with E-state index < -0.39 is 66.7 Å². The van der Waals surface area contributed by atoms with Gasteiger partial charge >= 0.3 is 11.9 Å². The van der Waals surface area contributed by atoms with Crippen LogP contribution in [0.5, 0.6) is 0 Å². The van der Waals surface area contributed by atoms with Crippen molar-refractivity contribution in [1.29, 1.82) is 0 Å². The van der Waals surface area contributed by atoms with Gasteiger partial charge in [-0.2, -0.15) is 0 Å². The number of carbonyl (C=O) groups is 5. The molecule has 166 valence electrons. The molecule has 3 unspecified atom stereocenters. The molecule has 1 heterocycles. The van der Waals surface area contributed by atoms with Gasteiger partial charge < -0.3 is 36.9 Å². The van der Waals surface area contributed by atoms with Gasteiger partial charge in [0.15, 0.2) is 0 Å². The average Bonchev–Trinajstić information content (AvgIpc) is 3.15. The van der Waals surface area contributed by atoms with E-state index in [2.05, 4.69) is 25.9 Å². The van der Waals surface area contributed by atoms with Crippen molar-refractivity contribution in [3.63, 3.8) is 0 Å². The topological polar surface area (TPSA) is 217 Å². The SMILES string of the molecule is CC(C)C(NC(=O)C(CC(=O)O)NC(=O)CNC(=O)C(N)Cc1cnc[nH]1)C(=O)O. The molecule has 0 saturated carbocycles. The summed E-state index contributed by atoms with van der Waals surface area (Å²) in [5.41, 5.74) is 6.36. The van der Waals surface area contributed by atoms with Gasteiger partial charge in [-0.05, 0) is 5.92 Å². The van der Waals surface area contributed by atoms with Crippen LogP contribution in [0.3, 0.4) is 0 Å². The Hall–Kier alpha value is -3.48. The molecule has 13 nitrogen and oxygen atoms in total. The third-order valence-electron chi connectivity index (χ3n) is 4.02. The van der Waals surface area contributed by atoms with Crippen LogP contribution in [0.25, 0.3) is 0 Å². The highest BCUT2D eigenvalue weighted by atomic mass is 16.4. The fraction of sp³-hybridized carbons (Fsp3) is 0.529. The lowest BCUT2D eigenvalue weighted by Crippen LogP contribution is -2.55. The summed E-state index contributed by atoms with van der Waals surface area (Å²) in [7, 11) is 0. The molecule has 3 atom stereocenters. The zero-order valence-electron chi connectivity index (χ0n) is 16.5. The maximum absolute atomic E-state index is 12.3. The lowest BCUT2D eigenvalue weighted by Gasteiger charge is -2.22. The number of hydrogen-bond donors (Lipinski definition) is 7. The Morgan fingerprint density at radius 1 is 1.13 bits per heavy atom. The quantitative estimate of drug-likeness (QED) is 0.189. The van der Waals surface area contributed by atoms with E-state index >= 15 is 0 Å². The molecule has 1 aromatic rings. The smallest absolute Gasteiger partial charge is 0.326 e. The molecule has 1 rings (SSSR count). The van der Waals surface area contributed by atoms with Crippen LogP contribution in [-0.2, 0) is 30.4 Å². The highest BCUT2D eigenvalue weighted by Gasteiger charge is 2.30. The Kier molecular flexibility index (Phi) is 9.42. The first-order chi connectivity index (χ1) is 14.0. The molecule has 13 heteroatoms. The van der Waals surface area contributed by atoms with E-state index in [1.807, 2.05) is 0 Å². The first-order valence-corrected chi connectivity index (χ1v) is 9.06. The minimum absolute atomic E-state index is 0.156. The minimum atomic E-state index is -1.52. The summed E-state index contributed by atoms with van der Waals surface area (Å²) in [6.45, 7) is 2.57. The van der Waals surface area contributed by atoms with Crippen molar-refractivity contribution in [2.45, 2.75) is 44.8 Å². The van der Waals surface area contributed by atoms with E-state index in [1.54, 1.807) is 13.8 Å². The predicted molar refractivity (Wildman–Crippen MR) is 102 cm³/mol. The van der Waals surface area contributed by atoms with Gasteiger partial charge in [0.2, 0.25) is 17.7 Å². The zero-order chi connectivity index (χ0) is 22.8. The maximum atomic E-state index is 12.3. The van der Waals surface area contributed by atoms with E-state index in [4.69, 9.17) is 15.9 Å². The van der Waals surface area contributed by atoms with Crippen molar-refractivity contribution < 1.29 is 34.2 Å². The number of amides is 3. The van der Waals surface area contributed by atoms with E-state index in [1.165, 1.54) is 12.5 Å². The van der Waals surface area contributed by atoms with Crippen molar-refractivity contribution in [3.8, 4) is 0 Å². The lowest BCUT2D eigenvalue weighted by atomic mass is 10.0. The van der Waals surface area contributed by atoms with Gasteiger partial charge in [-0.15, -0.1) is 0 Å². The van der Waals surface area contributed by atoms with Gasteiger partial charge in [0.05, 0.1) is 25.3 Å². The first-order valence-electron chi connectivity index (χ1n) is 9.06. The summed E-state index contributed by atoms with van der Waals surface area (Å²) < 4.78 is 0. The van der Waals surface area contributed by atoms with E-state index in [0.29, 0.717) is 5.69 Å². The predicted octanol–water partition coefficient (Wildman–Crippen LogP) is -2.42. The summed E-state index contributed by atoms with van der Waals surface area (Å²) >= 11 is 0. The van der Waals surface area contributed by atoms with Gasteiger partial charge in [0.1, 0.15) is 12.1 Å². The van der Waals surface area contributed by atoms with Crippen LogP contribution in [0.2, 0.25) is 0 Å². The highest BCUT2D eigenvalue weighted by Crippen LogP contribution is 2.03. The van der Waals surface area contributed by atoms with Crippen LogP contribution >= 0.6 is 0 Å². The number of carboxylic acids is 2. The molecule has 0 fully saturated rings. The molecule has 0 saturated heterocycles. The third kappa shape index (κ3) is 8.26. The monoisotopic (exact) mass is 426 g/mol. The summed E-state index contributed by atoms with van der Waals surface area (Å²) in [4.78, 5) is 65.1. The minimum Gasteiger partial charge on any atom is -0.481 e. The second kappa shape index (κ2) is 11.5. The van der Waals surface area contributed by atoms with Gasteiger partial charge in [0, 0.05) is 18.3 Å². The largest absolute Gasteiger partial charge is 0.481 e. The number of carboxylic acid groups (broad SMARTS) is 2. The summed E-state index contributed by atoms with van der Waals surface area (Å²) in [5.74, 6) is -5.58. The summed E-state index contributed by atoms with van der Waals surface area (Å²) in [5, 5.41) is 24.8. The number of rotatable bonds is 12. The first kappa shape index (κ1) is 24.6. The molecule has 0 aromatic carbocycles. The standard InChI is InChI=1S/C17H26N6O7/c1-8(2)14(17(29)30)23-16(28)11(4-13(25)26)22-12(24)6-20-15(27)10(18)3-9-5-19-7-21-9/h5,7-8,10-11,14H,3-4,6,18H2,1-2H3,(H,19,21)(H,20,27)(H,22,24)(H,23,28)(H,25,26)(H,29,30). The molecule has 0 aliphatic rings. The second-order valence-electron chi connectivity index (χ2n) is 6.89. The number of hydrogen-bond acceptors (Lipinski definition) is 7. The lowest BCUT2D eigenvalue weighted by molar-refractivity contribution is -0.144. The fourth-order valence-electron chi connectivity index (χ4n) is 2.42. The van der Waals surface area contributed by atoms with Crippen molar-refractivity contribution in [1.82, 2.24) is 25.9 Å². The summed E-state index contributed by atoms with van der Waals surface area (Å²) in [6.07, 6.45) is 2.31. The van der Waals surface area contributed by atoms with Crippen molar-refractivity contribution >= 4 is 29.7 Å². The number of carbonyl (C=O) groups excluding carboxylic acids is 3. The second-order valence-corrected chi connectivity index (χ2v) is 6.89. The van der Waals surface area contributed by atoms with Gasteiger partial charge in [-0.25, -0.2) is 9.78 Å². The number of aliphatic carboxylic acids is 2. The molecule has 0 aliphatic carbocycles. The van der Waals surface area contributed by atoms with E-state index in [0.717, 1.165) is 0 Å². The zero-order valence-corrected chi connectivity index (χ0v) is 16.5. The van der Waals surface area contributed by atoms with Crippen LogP contribution < -0.4 is 21.7 Å². The fourth-order valence-corrected chi connectivity index (χ4v) is 2.42. The number of imidazole rings is 1. The van der Waals surface area contributed by atoms with E-state index in [9.17, 15) is 24.0 Å². The van der Waals surface area contributed by atoms with Crippen LogP contribution in [0.4, 0.5) is 0 Å². The highest BCUT2D eigenvalue weighted by molar-refractivity contribution is 5.94. The van der Waals surface area contributed by atoms with Gasteiger partial charge in [-0.3, -0.25) is 19.2 Å². The Balaban J connectivity index is 2.63. The van der Waals surface area contributed by atoms with Crippen molar-refractivity contribution in [2.24, 2.45) is 11.7 Å². The molecule has 0 spiro atoms. The molecule has 8 N–H and O–H groups in total. The normalized spacial score (nSPS) is 13.7. The molecule has 30 heavy (non-hydrogen) atoms. The van der Waals surface area contributed by atoms with Gasteiger partial charge in [0.25, 0.3) is 0 Å². The molecule has 1 aromatic heterocycles. The maximum Gasteiger partial charge on any atom is 0.326 e.